The molecule has 0 amide bonds. The molecule has 0 bridgehead atoms. The average Bonchev–Trinajstić information content (AvgIpc) is 2.64. The van der Waals surface area contributed by atoms with Crippen LogP contribution in [0, 0.1) is 0 Å². The van der Waals surface area contributed by atoms with Crippen LogP contribution in [-0.2, 0) is 0 Å². The van der Waals surface area contributed by atoms with Gasteiger partial charge in [-0.25, -0.2) is 0 Å². The van der Waals surface area contributed by atoms with E-state index in [1.165, 1.54) is 12.8 Å². The molecule has 3 nitrogen and oxygen atoms in total. The molecule has 1 unspecified atom stereocenters. The van der Waals surface area contributed by atoms with Gasteiger partial charge in [0.15, 0.2) is 5.78 Å². The van der Waals surface area contributed by atoms with Gasteiger partial charge in [0, 0.05) is 5.56 Å². The highest BCUT2D eigenvalue weighted by Gasteiger charge is 2.15. The third kappa shape index (κ3) is 5.50. The lowest BCUT2D eigenvalue weighted by atomic mass is 10.0. The number of aliphatic hydroxyl groups excluding tert-OH is 1. The summed E-state index contributed by atoms with van der Waals surface area (Å²) in [6.07, 6.45) is 4.75. The summed E-state index contributed by atoms with van der Waals surface area (Å²) in [5.41, 5.74) is 1.16. The maximum Gasteiger partial charge on any atom is 0.196 e. The molecule has 0 saturated carbocycles. The van der Waals surface area contributed by atoms with Crippen molar-refractivity contribution in [1.82, 2.24) is 0 Å². The molecule has 1 atom stereocenters. The summed E-state index contributed by atoms with van der Waals surface area (Å²) in [4.78, 5) is 12.6. The summed E-state index contributed by atoms with van der Waals surface area (Å²) in [6, 6.07) is 16.4. The largest absolute Gasteiger partial charge is 0.490 e. The Hall–Kier alpha value is -2.13. The lowest BCUT2D eigenvalue weighted by molar-refractivity contribution is 0.0940. The number of aliphatic hydroxyl groups is 1. The van der Waals surface area contributed by atoms with Gasteiger partial charge in [-0.3, -0.25) is 4.79 Å². The minimum absolute atomic E-state index is 0.0661. The van der Waals surface area contributed by atoms with E-state index in [4.69, 9.17) is 4.74 Å². The Balaban J connectivity index is 1.95. The van der Waals surface area contributed by atoms with E-state index in [0.29, 0.717) is 16.9 Å². The summed E-state index contributed by atoms with van der Waals surface area (Å²) in [5.74, 6) is 0.461. The van der Waals surface area contributed by atoms with Crippen molar-refractivity contribution in [2.24, 2.45) is 0 Å². The van der Waals surface area contributed by atoms with Gasteiger partial charge in [-0.1, -0.05) is 75.1 Å². The number of hydrogen-bond donors (Lipinski definition) is 1. The van der Waals surface area contributed by atoms with Crippen molar-refractivity contribution in [2.45, 2.75) is 45.1 Å². The van der Waals surface area contributed by atoms with Crippen LogP contribution in [0.5, 0.6) is 5.75 Å². The van der Waals surface area contributed by atoms with Crippen LogP contribution in [0.25, 0.3) is 0 Å². The zero-order valence-electron chi connectivity index (χ0n) is 14.3. The van der Waals surface area contributed by atoms with Crippen LogP contribution in [0.4, 0.5) is 0 Å². The monoisotopic (exact) mass is 326 g/mol. The van der Waals surface area contributed by atoms with Crippen molar-refractivity contribution in [2.75, 3.05) is 6.61 Å². The molecule has 0 fully saturated rings. The Morgan fingerprint density at radius 1 is 1.00 bits per heavy atom. The van der Waals surface area contributed by atoms with Gasteiger partial charge in [0.2, 0.25) is 0 Å². The molecule has 2 aromatic carbocycles. The molecule has 0 saturated heterocycles. The number of benzene rings is 2. The number of unbranched alkanes of at least 4 members (excludes halogenated alkanes) is 3. The lowest BCUT2D eigenvalue weighted by Gasteiger charge is -2.14. The van der Waals surface area contributed by atoms with Gasteiger partial charge >= 0.3 is 0 Å². The highest BCUT2D eigenvalue weighted by molar-refractivity contribution is 6.10. The summed E-state index contributed by atoms with van der Waals surface area (Å²) in [6.45, 7) is 2.38. The van der Waals surface area contributed by atoms with E-state index >= 15 is 0 Å². The zero-order valence-corrected chi connectivity index (χ0v) is 14.3. The number of para-hydroxylation sites is 1. The Kier molecular flexibility index (Phi) is 7.50. The van der Waals surface area contributed by atoms with Crippen molar-refractivity contribution in [3.05, 3.63) is 65.7 Å². The lowest BCUT2D eigenvalue weighted by Crippen LogP contribution is -2.18. The molecule has 3 heteroatoms. The number of rotatable bonds is 10. The van der Waals surface area contributed by atoms with Crippen LogP contribution in [0.3, 0.4) is 0 Å². The highest BCUT2D eigenvalue weighted by Crippen LogP contribution is 2.22. The predicted octanol–water partition coefficient (Wildman–Crippen LogP) is 4.63. The minimum atomic E-state index is -0.498. The molecule has 0 aliphatic heterocycles. The molecule has 1 N–H and O–H groups in total. The molecule has 0 aliphatic carbocycles. The van der Waals surface area contributed by atoms with Gasteiger partial charge in [-0.2, -0.15) is 0 Å². The second kappa shape index (κ2) is 9.89. The van der Waals surface area contributed by atoms with Crippen molar-refractivity contribution < 1.29 is 14.6 Å². The fourth-order valence-electron chi connectivity index (χ4n) is 2.60. The van der Waals surface area contributed by atoms with Crippen LogP contribution >= 0.6 is 0 Å². The molecule has 0 radical (unpaired) electrons. The van der Waals surface area contributed by atoms with E-state index in [-0.39, 0.29) is 12.4 Å². The standard InChI is InChI=1S/C21H26O3/c1-2-3-4-8-13-18(22)16-24-20-15-10-9-14-19(20)21(23)17-11-6-5-7-12-17/h5-7,9-12,14-15,18,22H,2-4,8,13,16H2,1H3. The number of carbonyl (C=O) groups excluding carboxylic acids is 1. The summed E-state index contributed by atoms with van der Waals surface area (Å²) in [7, 11) is 0. The summed E-state index contributed by atoms with van der Waals surface area (Å²) >= 11 is 0. The first kappa shape index (κ1) is 18.2. The predicted molar refractivity (Wildman–Crippen MR) is 96.6 cm³/mol. The van der Waals surface area contributed by atoms with Gasteiger partial charge in [0.1, 0.15) is 12.4 Å². The average molecular weight is 326 g/mol. The number of carbonyl (C=O) groups is 1. The highest BCUT2D eigenvalue weighted by atomic mass is 16.5. The molecule has 0 aliphatic rings. The normalized spacial score (nSPS) is 11.9. The Bertz CT molecular complexity index is 622. The first-order valence-corrected chi connectivity index (χ1v) is 8.72. The fourth-order valence-corrected chi connectivity index (χ4v) is 2.60. The number of ether oxygens (including phenoxy) is 1. The molecule has 0 aromatic heterocycles. The van der Waals surface area contributed by atoms with Gasteiger partial charge in [0.25, 0.3) is 0 Å². The molecule has 24 heavy (non-hydrogen) atoms. The van der Waals surface area contributed by atoms with Crippen molar-refractivity contribution >= 4 is 5.78 Å². The second-order valence-corrected chi connectivity index (χ2v) is 6.01. The fraction of sp³-hybridized carbons (Fsp3) is 0.381. The van der Waals surface area contributed by atoms with E-state index in [0.717, 1.165) is 19.3 Å². The molecule has 2 rings (SSSR count). The Morgan fingerprint density at radius 3 is 2.46 bits per heavy atom. The quantitative estimate of drug-likeness (QED) is 0.511. The van der Waals surface area contributed by atoms with Crippen molar-refractivity contribution in [3.8, 4) is 5.75 Å². The van der Waals surface area contributed by atoms with Gasteiger partial charge < -0.3 is 9.84 Å². The van der Waals surface area contributed by atoms with Gasteiger partial charge in [-0.05, 0) is 18.6 Å². The summed E-state index contributed by atoms with van der Waals surface area (Å²) in [5, 5.41) is 10.0. The topological polar surface area (TPSA) is 46.5 Å². The minimum Gasteiger partial charge on any atom is -0.490 e. The van der Waals surface area contributed by atoms with Gasteiger partial charge in [-0.15, -0.1) is 0 Å². The molecule has 2 aromatic rings. The zero-order chi connectivity index (χ0) is 17.2. The molecular weight excluding hydrogens is 300 g/mol. The van der Waals surface area contributed by atoms with E-state index in [2.05, 4.69) is 6.92 Å². The van der Waals surface area contributed by atoms with Crippen molar-refractivity contribution in [1.29, 1.82) is 0 Å². The Labute approximate surface area is 144 Å². The molecule has 0 heterocycles. The van der Waals surface area contributed by atoms with E-state index in [1.54, 1.807) is 24.3 Å². The second-order valence-electron chi connectivity index (χ2n) is 6.01. The van der Waals surface area contributed by atoms with Crippen LogP contribution in [-0.4, -0.2) is 23.6 Å². The first-order valence-electron chi connectivity index (χ1n) is 8.72. The number of ketones is 1. The maximum absolute atomic E-state index is 12.6. The van der Waals surface area contributed by atoms with Crippen LogP contribution in [0.15, 0.2) is 54.6 Å². The van der Waals surface area contributed by atoms with E-state index < -0.39 is 6.10 Å². The molecule has 128 valence electrons. The van der Waals surface area contributed by atoms with Crippen LogP contribution < -0.4 is 4.74 Å². The SMILES string of the molecule is CCCCCCC(O)COc1ccccc1C(=O)c1ccccc1. The summed E-state index contributed by atoms with van der Waals surface area (Å²) < 4.78 is 5.73. The van der Waals surface area contributed by atoms with E-state index in [9.17, 15) is 9.90 Å². The smallest absolute Gasteiger partial charge is 0.196 e. The number of hydrogen-bond acceptors (Lipinski definition) is 3. The van der Waals surface area contributed by atoms with E-state index in [1.807, 2.05) is 30.3 Å². The maximum atomic E-state index is 12.6. The van der Waals surface area contributed by atoms with Gasteiger partial charge in [0.05, 0.1) is 11.7 Å². The third-order valence-electron chi connectivity index (χ3n) is 3.99. The van der Waals surface area contributed by atoms with Crippen molar-refractivity contribution in [3.63, 3.8) is 0 Å². The Morgan fingerprint density at radius 2 is 1.71 bits per heavy atom. The van der Waals surface area contributed by atoms with Crippen LogP contribution in [0.2, 0.25) is 0 Å². The van der Waals surface area contributed by atoms with Crippen LogP contribution in [0.1, 0.15) is 54.9 Å². The first-order chi connectivity index (χ1) is 11.7. The third-order valence-corrected chi connectivity index (χ3v) is 3.99. The molecule has 0 spiro atoms. The molecular formula is C21H26O3.